The van der Waals surface area contributed by atoms with Crippen LogP contribution in [0.1, 0.15) is 16.3 Å². The summed E-state index contributed by atoms with van der Waals surface area (Å²) in [6, 6.07) is 5.60. The van der Waals surface area contributed by atoms with Crippen molar-refractivity contribution in [1.29, 1.82) is 0 Å². The van der Waals surface area contributed by atoms with Crippen molar-refractivity contribution in [2.75, 3.05) is 0 Å². The average molecular weight is 288 g/mol. The first kappa shape index (κ1) is 12.7. The van der Waals surface area contributed by atoms with Gasteiger partial charge in [-0.1, -0.05) is 0 Å². The molecule has 1 aliphatic heterocycles. The molecule has 0 saturated carbocycles. The number of rotatable bonds is 2. The van der Waals surface area contributed by atoms with Gasteiger partial charge in [-0.05, 0) is 37.3 Å². The second-order valence-corrected chi connectivity index (χ2v) is 5.20. The highest BCUT2D eigenvalue weighted by Crippen LogP contribution is 2.20. The number of aliphatic imine (C=N–C) groups is 1. The van der Waals surface area contributed by atoms with Crippen molar-refractivity contribution in [2.45, 2.75) is 6.92 Å². The molecule has 0 atom stereocenters. The van der Waals surface area contributed by atoms with Gasteiger partial charge in [0.05, 0.1) is 10.7 Å². The van der Waals surface area contributed by atoms with Gasteiger partial charge in [-0.2, -0.15) is 0 Å². The van der Waals surface area contributed by atoms with Crippen molar-refractivity contribution < 1.29 is 13.9 Å². The number of ether oxygens (including phenoxy) is 1. The van der Waals surface area contributed by atoms with E-state index in [0.29, 0.717) is 11.3 Å². The lowest BCUT2D eigenvalue weighted by atomic mass is 10.2. The molecule has 0 saturated heterocycles. The number of carbonyl (C=O) groups excluding carboxylic acids is 1. The molecule has 2 heterocycles. The molecule has 20 heavy (non-hydrogen) atoms. The van der Waals surface area contributed by atoms with E-state index >= 15 is 0 Å². The van der Waals surface area contributed by atoms with Crippen LogP contribution in [0.3, 0.4) is 0 Å². The second kappa shape index (κ2) is 4.97. The molecule has 0 bridgehead atoms. The maximum Gasteiger partial charge on any atom is 0.363 e. The predicted molar refractivity (Wildman–Crippen MR) is 73.9 cm³/mol. The Balaban J connectivity index is 1.92. The Morgan fingerprint density at radius 1 is 1.30 bits per heavy atom. The lowest BCUT2D eigenvalue weighted by molar-refractivity contribution is -0.129. The normalized spacial score (nSPS) is 16.4. The Morgan fingerprint density at radius 3 is 2.70 bits per heavy atom. The molecule has 0 N–H and O–H groups in total. The first-order valence-corrected chi connectivity index (χ1v) is 6.70. The van der Waals surface area contributed by atoms with Crippen molar-refractivity contribution >= 4 is 29.3 Å². The summed E-state index contributed by atoms with van der Waals surface area (Å²) in [7, 11) is 0. The van der Waals surface area contributed by atoms with Gasteiger partial charge in [0, 0.05) is 10.9 Å². The van der Waals surface area contributed by atoms with E-state index < -0.39 is 5.97 Å². The molecule has 1 aromatic heterocycles. The highest BCUT2D eigenvalue weighted by molar-refractivity contribution is 7.09. The van der Waals surface area contributed by atoms with Crippen molar-refractivity contribution in [3.8, 4) is 0 Å². The number of cyclic esters (lactones) is 1. The summed E-state index contributed by atoms with van der Waals surface area (Å²) in [5, 5.41) is 2.74. The third-order valence-electron chi connectivity index (χ3n) is 2.63. The zero-order chi connectivity index (χ0) is 14.1. The van der Waals surface area contributed by atoms with Gasteiger partial charge in [-0.15, -0.1) is 11.3 Å². The van der Waals surface area contributed by atoms with E-state index in [1.807, 2.05) is 12.3 Å². The van der Waals surface area contributed by atoms with Crippen LogP contribution in [0.25, 0.3) is 6.08 Å². The zero-order valence-electron chi connectivity index (χ0n) is 10.5. The van der Waals surface area contributed by atoms with Crippen molar-refractivity contribution in [2.24, 2.45) is 4.99 Å². The third kappa shape index (κ3) is 2.50. The van der Waals surface area contributed by atoms with Crippen LogP contribution < -0.4 is 0 Å². The van der Waals surface area contributed by atoms with Crippen molar-refractivity contribution in [1.82, 2.24) is 4.98 Å². The van der Waals surface area contributed by atoms with Gasteiger partial charge in [-0.3, -0.25) is 0 Å². The minimum Gasteiger partial charge on any atom is -0.402 e. The highest BCUT2D eigenvalue weighted by Gasteiger charge is 2.24. The number of aryl methyl sites for hydroxylation is 1. The van der Waals surface area contributed by atoms with Gasteiger partial charge in [-0.25, -0.2) is 19.2 Å². The van der Waals surface area contributed by atoms with Gasteiger partial charge in [0.1, 0.15) is 5.82 Å². The molecule has 2 aromatic rings. The summed E-state index contributed by atoms with van der Waals surface area (Å²) in [5.41, 5.74) is 1.41. The number of esters is 1. The minimum absolute atomic E-state index is 0.174. The van der Waals surface area contributed by atoms with E-state index in [2.05, 4.69) is 9.98 Å². The summed E-state index contributed by atoms with van der Waals surface area (Å²) in [6.07, 6.45) is 1.57. The average Bonchev–Trinajstić information content (AvgIpc) is 2.98. The molecule has 0 radical (unpaired) electrons. The maximum absolute atomic E-state index is 12.9. The first-order valence-electron chi connectivity index (χ1n) is 5.82. The molecule has 100 valence electrons. The molecule has 1 aromatic carbocycles. The number of thiazole rings is 1. The number of benzene rings is 1. The van der Waals surface area contributed by atoms with Crippen molar-refractivity contribution in [3.63, 3.8) is 0 Å². The number of carbonyl (C=O) groups is 1. The maximum atomic E-state index is 12.9. The van der Waals surface area contributed by atoms with E-state index in [0.717, 1.165) is 5.01 Å². The van der Waals surface area contributed by atoms with Crippen LogP contribution in [0, 0.1) is 12.7 Å². The summed E-state index contributed by atoms with van der Waals surface area (Å²) in [6.45, 7) is 1.88. The number of halogens is 1. The standard InChI is InChI=1S/C14H9FN2O2S/c1-8-16-11(7-20-8)6-12-14(18)19-13(17-12)9-2-4-10(15)5-3-9/h2-7H,1H3/b12-6-. The van der Waals surface area contributed by atoms with Gasteiger partial charge in [0.2, 0.25) is 5.90 Å². The molecule has 6 heteroatoms. The van der Waals surface area contributed by atoms with Gasteiger partial charge >= 0.3 is 5.97 Å². The second-order valence-electron chi connectivity index (χ2n) is 4.13. The Morgan fingerprint density at radius 2 is 2.05 bits per heavy atom. The van der Waals surface area contributed by atoms with Crippen LogP contribution in [-0.2, 0) is 9.53 Å². The van der Waals surface area contributed by atoms with E-state index in [9.17, 15) is 9.18 Å². The Bertz CT molecular complexity index is 732. The smallest absolute Gasteiger partial charge is 0.363 e. The Labute approximate surface area is 118 Å². The van der Waals surface area contributed by atoms with Crippen molar-refractivity contribution in [3.05, 3.63) is 57.4 Å². The van der Waals surface area contributed by atoms with Crippen LogP contribution >= 0.6 is 11.3 Å². The minimum atomic E-state index is -0.532. The molecule has 0 fully saturated rings. The van der Waals surface area contributed by atoms with Gasteiger partial charge in [0.25, 0.3) is 0 Å². The molecule has 4 nitrogen and oxygen atoms in total. The monoisotopic (exact) mass is 288 g/mol. The Kier molecular flexibility index (Phi) is 3.15. The van der Waals surface area contributed by atoms with Crippen LogP contribution in [0.4, 0.5) is 4.39 Å². The summed E-state index contributed by atoms with van der Waals surface area (Å²) >= 11 is 1.49. The summed E-state index contributed by atoms with van der Waals surface area (Å²) < 4.78 is 17.9. The predicted octanol–water partition coefficient (Wildman–Crippen LogP) is 2.94. The molecule has 0 unspecified atom stereocenters. The molecular weight excluding hydrogens is 279 g/mol. The lowest BCUT2D eigenvalue weighted by Crippen LogP contribution is -2.05. The topological polar surface area (TPSA) is 51.6 Å². The fourth-order valence-electron chi connectivity index (χ4n) is 1.71. The van der Waals surface area contributed by atoms with Crippen LogP contribution in [0.15, 0.2) is 40.3 Å². The number of nitrogens with zero attached hydrogens (tertiary/aromatic N) is 2. The number of aromatic nitrogens is 1. The molecule has 3 rings (SSSR count). The summed E-state index contributed by atoms with van der Waals surface area (Å²) in [4.78, 5) is 20.1. The molecule has 1 aliphatic rings. The number of hydrogen-bond donors (Lipinski definition) is 0. The fraction of sp³-hybridized carbons (Fsp3) is 0.0714. The third-order valence-corrected chi connectivity index (χ3v) is 3.42. The lowest BCUT2D eigenvalue weighted by Gasteiger charge is -1.98. The molecule has 0 aliphatic carbocycles. The fourth-order valence-corrected chi connectivity index (χ4v) is 2.28. The SMILES string of the molecule is Cc1nc(/C=C2\N=C(c3ccc(F)cc3)OC2=O)cs1. The molecular formula is C14H9FN2O2S. The summed E-state index contributed by atoms with van der Waals surface area (Å²) in [5.74, 6) is -0.712. The van der Waals surface area contributed by atoms with E-state index in [-0.39, 0.29) is 17.4 Å². The van der Waals surface area contributed by atoms with E-state index in [1.54, 1.807) is 6.08 Å². The van der Waals surface area contributed by atoms with Crippen LogP contribution in [0.2, 0.25) is 0 Å². The van der Waals surface area contributed by atoms with Crippen LogP contribution in [-0.4, -0.2) is 16.9 Å². The van der Waals surface area contributed by atoms with Gasteiger partial charge < -0.3 is 4.74 Å². The quantitative estimate of drug-likeness (QED) is 0.630. The largest absolute Gasteiger partial charge is 0.402 e. The van der Waals surface area contributed by atoms with Gasteiger partial charge in [0.15, 0.2) is 5.70 Å². The zero-order valence-corrected chi connectivity index (χ0v) is 11.3. The molecule has 0 amide bonds. The first-order chi connectivity index (χ1) is 9.61. The van der Waals surface area contributed by atoms with Crippen LogP contribution in [0.5, 0.6) is 0 Å². The highest BCUT2D eigenvalue weighted by atomic mass is 32.1. The Hall–Kier alpha value is -2.34. The van der Waals surface area contributed by atoms with E-state index in [1.165, 1.54) is 35.6 Å². The molecule has 0 spiro atoms. The van der Waals surface area contributed by atoms with E-state index in [4.69, 9.17) is 4.74 Å². The number of hydrogen-bond acceptors (Lipinski definition) is 5.